The smallest absolute Gasteiger partial charge is 0.430 e. The molecule has 0 saturated carbocycles. The van der Waals surface area contributed by atoms with Crippen LogP contribution in [0.25, 0.3) is 22.9 Å². The number of esters is 1. The van der Waals surface area contributed by atoms with Crippen molar-refractivity contribution < 1.29 is 40.7 Å². The van der Waals surface area contributed by atoms with Crippen LogP contribution < -0.4 is 5.32 Å². The Morgan fingerprint density at radius 2 is 1.90 bits per heavy atom. The third kappa shape index (κ3) is 5.57. The van der Waals surface area contributed by atoms with Gasteiger partial charge in [0.2, 0.25) is 0 Å². The van der Waals surface area contributed by atoms with Gasteiger partial charge in [0.05, 0.1) is 31.6 Å². The molecule has 15 heteroatoms. The van der Waals surface area contributed by atoms with Crippen molar-refractivity contribution in [2.24, 2.45) is 0 Å². The van der Waals surface area contributed by atoms with Crippen molar-refractivity contribution in [3.63, 3.8) is 0 Å². The highest BCUT2D eigenvalue weighted by molar-refractivity contribution is 5.81. The molecule has 4 rings (SSSR count). The van der Waals surface area contributed by atoms with E-state index in [0.717, 1.165) is 6.20 Å². The lowest BCUT2D eigenvalue weighted by atomic mass is 10.0. The number of aromatic nitrogens is 5. The molecule has 0 aliphatic carbocycles. The van der Waals surface area contributed by atoms with Crippen LogP contribution in [0.15, 0.2) is 53.4 Å². The number of carbonyl (C=O) groups is 1. The Labute approximate surface area is 217 Å². The molecular formula is C24H21F5N6O4. The number of benzene rings is 1. The predicted molar refractivity (Wildman–Crippen MR) is 125 cm³/mol. The number of rotatable bonds is 10. The van der Waals surface area contributed by atoms with E-state index in [-0.39, 0.29) is 24.7 Å². The molecule has 0 saturated heterocycles. The molecule has 10 nitrogen and oxygen atoms in total. The van der Waals surface area contributed by atoms with Gasteiger partial charge >= 0.3 is 12.1 Å². The van der Waals surface area contributed by atoms with E-state index in [4.69, 9.17) is 4.52 Å². The molecule has 1 N–H and O–H groups in total. The molecule has 3 aromatic heterocycles. The number of methoxy groups -OCH3 is 1. The maximum atomic E-state index is 14.5. The Kier molecular flexibility index (Phi) is 7.90. The summed E-state index contributed by atoms with van der Waals surface area (Å²) in [6.07, 6.45) is -3.16. The molecular weight excluding hydrogens is 531 g/mol. The normalized spacial score (nSPS) is 13.2. The van der Waals surface area contributed by atoms with Crippen molar-refractivity contribution in [2.45, 2.75) is 25.2 Å². The SMILES string of the molecule is CCOC(=O)C(CNc1nc(-c2cc(-c3ccon3)n(Cc3ccccc3F)n2)ncc1F)(OC)C(F)(F)F. The van der Waals surface area contributed by atoms with Gasteiger partial charge in [0.1, 0.15) is 23.5 Å². The van der Waals surface area contributed by atoms with E-state index in [0.29, 0.717) is 24.1 Å². The molecule has 1 aromatic carbocycles. The summed E-state index contributed by atoms with van der Waals surface area (Å²) in [5.41, 5.74) is -2.33. The van der Waals surface area contributed by atoms with Crippen molar-refractivity contribution in [1.82, 2.24) is 24.9 Å². The minimum atomic E-state index is -5.20. The zero-order chi connectivity index (χ0) is 28.2. The van der Waals surface area contributed by atoms with Crippen LogP contribution in [0, 0.1) is 11.6 Å². The van der Waals surface area contributed by atoms with Crippen LogP contribution in [0.2, 0.25) is 0 Å². The third-order valence-corrected chi connectivity index (χ3v) is 5.65. The van der Waals surface area contributed by atoms with Gasteiger partial charge < -0.3 is 19.3 Å². The molecule has 206 valence electrons. The average molecular weight is 552 g/mol. The highest BCUT2D eigenvalue weighted by Gasteiger charge is 2.62. The fourth-order valence-corrected chi connectivity index (χ4v) is 3.62. The summed E-state index contributed by atoms with van der Waals surface area (Å²) in [6, 6.07) is 9.04. The van der Waals surface area contributed by atoms with Gasteiger partial charge in [-0.05, 0) is 19.1 Å². The summed E-state index contributed by atoms with van der Waals surface area (Å²) >= 11 is 0. The van der Waals surface area contributed by atoms with E-state index < -0.39 is 41.7 Å². The third-order valence-electron chi connectivity index (χ3n) is 5.65. The molecule has 1 atom stereocenters. The highest BCUT2D eigenvalue weighted by Crippen LogP contribution is 2.35. The first kappa shape index (κ1) is 27.6. The van der Waals surface area contributed by atoms with Crippen molar-refractivity contribution in [3.8, 4) is 22.9 Å². The van der Waals surface area contributed by atoms with Crippen LogP contribution in [0.5, 0.6) is 0 Å². The molecule has 0 fully saturated rings. The van der Waals surface area contributed by atoms with E-state index in [1.807, 2.05) is 0 Å². The maximum Gasteiger partial charge on any atom is 0.430 e. The summed E-state index contributed by atoms with van der Waals surface area (Å²) < 4.78 is 85.7. The van der Waals surface area contributed by atoms with E-state index in [1.54, 1.807) is 12.1 Å². The number of nitrogens with one attached hydrogen (secondary N) is 1. The molecule has 39 heavy (non-hydrogen) atoms. The molecule has 0 amide bonds. The minimum Gasteiger partial charge on any atom is -0.464 e. The lowest BCUT2D eigenvalue weighted by molar-refractivity contribution is -0.265. The standard InChI is InChI=1S/C24H21F5N6O4/c1-3-38-22(36)23(37-2,24(27,28)29)13-31-20-16(26)11-30-21(32-20)18-10-19(17-8-9-39-34-17)35(33-18)12-14-6-4-5-7-15(14)25/h4-11H,3,12-13H2,1-2H3,(H,30,31,32). The summed E-state index contributed by atoms with van der Waals surface area (Å²) in [6.45, 7) is -0.277. The van der Waals surface area contributed by atoms with Gasteiger partial charge in [-0.3, -0.25) is 4.68 Å². The molecule has 0 aliphatic rings. The quantitative estimate of drug-likeness (QED) is 0.228. The molecule has 0 bridgehead atoms. The second kappa shape index (κ2) is 11.1. The van der Waals surface area contributed by atoms with E-state index >= 15 is 0 Å². The second-order valence-electron chi connectivity index (χ2n) is 8.04. The van der Waals surface area contributed by atoms with Gasteiger partial charge in [-0.15, -0.1) is 0 Å². The fraction of sp³-hybridized carbons (Fsp3) is 0.292. The van der Waals surface area contributed by atoms with E-state index in [9.17, 15) is 26.7 Å². The van der Waals surface area contributed by atoms with Gasteiger partial charge in [-0.25, -0.2) is 23.5 Å². The molecule has 3 heterocycles. The Hall–Kier alpha value is -4.40. The number of hydrogen-bond acceptors (Lipinski definition) is 9. The van der Waals surface area contributed by atoms with Crippen LogP contribution in [0.3, 0.4) is 0 Å². The maximum absolute atomic E-state index is 14.5. The van der Waals surface area contributed by atoms with Crippen molar-refractivity contribution in [1.29, 1.82) is 0 Å². The van der Waals surface area contributed by atoms with E-state index in [1.165, 1.54) is 42.1 Å². The van der Waals surface area contributed by atoms with Gasteiger partial charge in [0.25, 0.3) is 5.60 Å². The Balaban J connectivity index is 1.69. The first-order chi connectivity index (χ1) is 18.6. The van der Waals surface area contributed by atoms with Gasteiger partial charge in [0.15, 0.2) is 17.5 Å². The predicted octanol–water partition coefficient (Wildman–Crippen LogP) is 4.24. The number of ether oxygens (including phenoxy) is 2. The van der Waals surface area contributed by atoms with Gasteiger partial charge in [-0.2, -0.15) is 18.3 Å². The number of halogens is 5. The van der Waals surface area contributed by atoms with E-state index in [2.05, 4.69) is 35.0 Å². The fourth-order valence-electron chi connectivity index (χ4n) is 3.62. The highest BCUT2D eigenvalue weighted by atomic mass is 19.4. The van der Waals surface area contributed by atoms with Crippen LogP contribution in [0.1, 0.15) is 12.5 Å². The van der Waals surface area contributed by atoms with Crippen molar-refractivity contribution >= 4 is 11.8 Å². The summed E-state index contributed by atoms with van der Waals surface area (Å²) in [4.78, 5) is 20.0. The average Bonchev–Trinajstić information content (AvgIpc) is 3.57. The Bertz CT molecular complexity index is 1440. The summed E-state index contributed by atoms with van der Waals surface area (Å²) in [7, 11) is 0.682. The molecule has 0 spiro atoms. The largest absolute Gasteiger partial charge is 0.464 e. The lowest BCUT2D eigenvalue weighted by Gasteiger charge is -2.32. The molecule has 0 aliphatic heterocycles. The van der Waals surface area contributed by atoms with Gasteiger partial charge in [0, 0.05) is 18.7 Å². The number of hydrogen-bond donors (Lipinski definition) is 1. The number of carbonyl (C=O) groups excluding carboxylic acids is 1. The zero-order valence-corrected chi connectivity index (χ0v) is 20.5. The first-order valence-corrected chi connectivity index (χ1v) is 11.4. The minimum absolute atomic E-state index is 0.0251. The van der Waals surface area contributed by atoms with Crippen LogP contribution in [0.4, 0.5) is 27.8 Å². The van der Waals surface area contributed by atoms with Crippen LogP contribution in [-0.2, 0) is 20.8 Å². The first-order valence-electron chi connectivity index (χ1n) is 11.4. The van der Waals surface area contributed by atoms with Crippen LogP contribution in [-0.4, -0.2) is 62.9 Å². The summed E-state index contributed by atoms with van der Waals surface area (Å²) in [5, 5.41) is 10.4. The monoisotopic (exact) mass is 552 g/mol. The molecule has 1 unspecified atom stereocenters. The summed E-state index contributed by atoms with van der Waals surface area (Å²) in [5.74, 6) is -4.11. The second-order valence-corrected chi connectivity index (χ2v) is 8.04. The Morgan fingerprint density at radius 1 is 1.13 bits per heavy atom. The molecule has 0 radical (unpaired) electrons. The lowest BCUT2D eigenvalue weighted by Crippen LogP contribution is -2.59. The number of nitrogens with zero attached hydrogens (tertiary/aromatic N) is 5. The zero-order valence-electron chi connectivity index (χ0n) is 20.5. The van der Waals surface area contributed by atoms with Crippen molar-refractivity contribution in [3.05, 3.63) is 66.1 Å². The Morgan fingerprint density at radius 3 is 2.54 bits per heavy atom. The van der Waals surface area contributed by atoms with Gasteiger partial charge in [-0.1, -0.05) is 23.4 Å². The van der Waals surface area contributed by atoms with Crippen LogP contribution >= 0.6 is 0 Å². The van der Waals surface area contributed by atoms with Crippen molar-refractivity contribution in [2.75, 3.05) is 25.6 Å². The number of anilines is 1. The topological polar surface area (TPSA) is 117 Å². The number of alkyl halides is 3. The molecule has 4 aromatic rings.